The van der Waals surface area contributed by atoms with Crippen LogP contribution in [0.4, 0.5) is 0 Å². The smallest absolute Gasteiger partial charge is 0.306 e. The van der Waals surface area contributed by atoms with Crippen molar-refractivity contribution in [2.24, 2.45) is 5.92 Å². The number of carbonyl (C=O) groups is 2. The fourth-order valence-corrected chi connectivity index (χ4v) is 1.80. The molecule has 1 fully saturated rings. The maximum atomic E-state index is 12.0. The first kappa shape index (κ1) is 13.0. The van der Waals surface area contributed by atoms with Gasteiger partial charge in [0.25, 0.3) is 5.91 Å². The summed E-state index contributed by atoms with van der Waals surface area (Å²) in [5, 5.41) is 8.84. The van der Waals surface area contributed by atoms with Crippen molar-refractivity contribution < 1.29 is 19.4 Å². The number of rotatable bonds is 3. The third-order valence-electron chi connectivity index (χ3n) is 3.16. The van der Waals surface area contributed by atoms with E-state index in [1.807, 2.05) is 0 Å². The van der Waals surface area contributed by atoms with Gasteiger partial charge in [-0.2, -0.15) is 0 Å². The molecule has 92 valence electrons. The minimum atomic E-state index is -0.823. The standard InChI is InChI=1S/C11H19NO4/c1-11(2,16-3)10(15)12-6-4-8(5-7-12)9(13)14/h8H,4-7H2,1-3H3,(H,13,14). The normalized spacial score (nSPS) is 18.6. The second kappa shape index (κ2) is 4.82. The summed E-state index contributed by atoms with van der Waals surface area (Å²) in [5.74, 6) is -1.15. The van der Waals surface area contributed by atoms with Gasteiger partial charge < -0.3 is 14.7 Å². The first-order valence-electron chi connectivity index (χ1n) is 5.46. The molecule has 16 heavy (non-hydrogen) atoms. The van der Waals surface area contributed by atoms with Gasteiger partial charge in [0.05, 0.1) is 5.92 Å². The molecule has 0 atom stereocenters. The van der Waals surface area contributed by atoms with Gasteiger partial charge in [0.2, 0.25) is 0 Å². The average Bonchev–Trinajstić information content (AvgIpc) is 2.28. The van der Waals surface area contributed by atoms with Crippen LogP contribution in [0.25, 0.3) is 0 Å². The van der Waals surface area contributed by atoms with Gasteiger partial charge in [-0.3, -0.25) is 9.59 Å². The lowest BCUT2D eigenvalue weighted by Gasteiger charge is -2.35. The summed E-state index contributed by atoms with van der Waals surface area (Å²) in [6.45, 7) is 4.45. The summed E-state index contributed by atoms with van der Waals surface area (Å²) in [7, 11) is 1.50. The van der Waals surface area contributed by atoms with E-state index in [4.69, 9.17) is 9.84 Å². The first-order chi connectivity index (χ1) is 7.38. The Hall–Kier alpha value is -1.10. The fraction of sp³-hybridized carbons (Fsp3) is 0.818. The number of carboxylic acids is 1. The van der Waals surface area contributed by atoms with Crippen LogP contribution in [0, 0.1) is 5.92 Å². The van der Waals surface area contributed by atoms with Crippen molar-refractivity contribution in [3.63, 3.8) is 0 Å². The van der Waals surface area contributed by atoms with Crippen molar-refractivity contribution in [1.29, 1.82) is 0 Å². The zero-order valence-corrected chi connectivity index (χ0v) is 10.0. The van der Waals surface area contributed by atoms with Crippen LogP contribution in [0.15, 0.2) is 0 Å². The van der Waals surface area contributed by atoms with Gasteiger partial charge in [0, 0.05) is 20.2 Å². The molecule has 1 heterocycles. The molecule has 0 aliphatic carbocycles. The van der Waals surface area contributed by atoms with Gasteiger partial charge in [-0.25, -0.2) is 0 Å². The lowest BCUT2D eigenvalue weighted by Crippen LogP contribution is -2.49. The second-order valence-corrected chi connectivity index (χ2v) is 4.62. The van der Waals surface area contributed by atoms with E-state index in [2.05, 4.69) is 0 Å². The largest absolute Gasteiger partial charge is 0.481 e. The summed E-state index contributed by atoms with van der Waals surface area (Å²) >= 11 is 0. The van der Waals surface area contributed by atoms with Gasteiger partial charge in [0.15, 0.2) is 0 Å². The van der Waals surface area contributed by atoms with Gasteiger partial charge >= 0.3 is 5.97 Å². The maximum absolute atomic E-state index is 12.0. The van der Waals surface area contributed by atoms with Crippen molar-refractivity contribution in [3.8, 4) is 0 Å². The third kappa shape index (κ3) is 2.72. The summed E-state index contributed by atoms with van der Waals surface area (Å²) < 4.78 is 5.12. The molecule has 1 aliphatic rings. The summed E-state index contributed by atoms with van der Waals surface area (Å²) in [6.07, 6.45) is 1.06. The average molecular weight is 229 g/mol. The number of amides is 1. The number of hydrogen-bond acceptors (Lipinski definition) is 3. The van der Waals surface area contributed by atoms with Crippen molar-refractivity contribution in [1.82, 2.24) is 4.90 Å². The highest BCUT2D eigenvalue weighted by Gasteiger charge is 2.35. The molecule has 1 saturated heterocycles. The lowest BCUT2D eigenvalue weighted by atomic mass is 9.95. The van der Waals surface area contributed by atoms with E-state index in [0.29, 0.717) is 25.9 Å². The van der Waals surface area contributed by atoms with Crippen molar-refractivity contribution in [2.45, 2.75) is 32.3 Å². The minimum absolute atomic E-state index is 0.0705. The molecule has 0 saturated carbocycles. The van der Waals surface area contributed by atoms with E-state index >= 15 is 0 Å². The lowest BCUT2D eigenvalue weighted by molar-refractivity contribution is -0.155. The number of methoxy groups -OCH3 is 1. The molecule has 1 rings (SSSR count). The van der Waals surface area contributed by atoms with Gasteiger partial charge in [-0.15, -0.1) is 0 Å². The van der Waals surface area contributed by atoms with Crippen LogP contribution in [-0.4, -0.2) is 47.7 Å². The number of likely N-dealkylation sites (tertiary alicyclic amines) is 1. The molecule has 1 aliphatic heterocycles. The molecule has 0 unspecified atom stereocenters. The Morgan fingerprint density at radius 3 is 2.19 bits per heavy atom. The summed E-state index contributed by atoms with van der Waals surface area (Å²) in [4.78, 5) is 24.4. The van der Waals surface area contributed by atoms with Crippen LogP contribution in [0.2, 0.25) is 0 Å². The zero-order valence-electron chi connectivity index (χ0n) is 10.0. The van der Waals surface area contributed by atoms with Crippen molar-refractivity contribution in [2.75, 3.05) is 20.2 Å². The van der Waals surface area contributed by atoms with Gasteiger partial charge in [0.1, 0.15) is 5.60 Å². The number of piperidine rings is 1. The van der Waals surface area contributed by atoms with Crippen LogP contribution in [0.1, 0.15) is 26.7 Å². The fourth-order valence-electron chi connectivity index (χ4n) is 1.80. The molecule has 1 N–H and O–H groups in total. The molecule has 0 aromatic heterocycles. The Morgan fingerprint density at radius 1 is 1.31 bits per heavy atom. The van der Waals surface area contributed by atoms with Crippen LogP contribution >= 0.6 is 0 Å². The minimum Gasteiger partial charge on any atom is -0.481 e. The molecular weight excluding hydrogens is 210 g/mol. The third-order valence-corrected chi connectivity index (χ3v) is 3.16. The molecule has 5 nitrogen and oxygen atoms in total. The Labute approximate surface area is 95.4 Å². The van der Waals surface area contributed by atoms with Crippen LogP contribution in [0.5, 0.6) is 0 Å². The molecule has 5 heteroatoms. The number of nitrogens with zero attached hydrogens (tertiary/aromatic N) is 1. The van der Waals surface area contributed by atoms with E-state index in [-0.39, 0.29) is 11.8 Å². The van der Waals surface area contributed by atoms with E-state index in [1.54, 1.807) is 18.7 Å². The topological polar surface area (TPSA) is 66.8 Å². The van der Waals surface area contributed by atoms with E-state index < -0.39 is 11.6 Å². The van der Waals surface area contributed by atoms with E-state index in [1.165, 1.54) is 7.11 Å². The Kier molecular flexibility index (Phi) is 3.91. The number of hydrogen-bond donors (Lipinski definition) is 1. The summed E-state index contributed by atoms with van der Waals surface area (Å²) in [6, 6.07) is 0. The van der Waals surface area contributed by atoms with Crippen LogP contribution in [0.3, 0.4) is 0 Å². The molecular formula is C11H19NO4. The number of carbonyl (C=O) groups excluding carboxylic acids is 1. The highest BCUT2D eigenvalue weighted by Crippen LogP contribution is 2.21. The van der Waals surface area contributed by atoms with Gasteiger partial charge in [-0.1, -0.05) is 0 Å². The van der Waals surface area contributed by atoms with Crippen LogP contribution in [-0.2, 0) is 14.3 Å². The predicted molar refractivity (Wildman–Crippen MR) is 58.0 cm³/mol. The van der Waals surface area contributed by atoms with E-state index in [0.717, 1.165) is 0 Å². The van der Waals surface area contributed by atoms with Crippen molar-refractivity contribution >= 4 is 11.9 Å². The number of ether oxygens (including phenoxy) is 1. The monoisotopic (exact) mass is 229 g/mol. The highest BCUT2D eigenvalue weighted by atomic mass is 16.5. The first-order valence-corrected chi connectivity index (χ1v) is 5.46. The Morgan fingerprint density at radius 2 is 1.81 bits per heavy atom. The predicted octanol–water partition coefficient (Wildman–Crippen LogP) is 0.735. The Balaban J connectivity index is 2.54. The molecule has 0 aromatic rings. The highest BCUT2D eigenvalue weighted by molar-refractivity contribution is 5.84. The second-order valence-electron chi connectivity index (χ2n) is 4.62. The van der Waals surface area contributed by atoms with Crippen LogP contribution < -0.4 is 0 Å². The SMILES string of the molecule is COC(C)(C)C(=O)N1CCC(C(=O)O)CC1. The summed E-state index contributed by atoms with van der Waals surface area (Å²) in [5.41, 5.74) is -0.823. The van der Waals surface area contributed by atoms with Crippen molar-refractivity contribution in [3.05, 3.63) is 0 Å². The molecule has 0 bridgehead atoms. The molecule has 0 spiro atoms. The molecule has 1 amide bonds. The maximum Gasteiger partial charge on any atom is 0.306 e. The van der Waals surface area contributed by atoms with E-state index in [9.17, 15) is 9.59 Å². The Bertz CT molecular complexity index is 280. The quantitative estimate of drug-likeness (QED) is 0.775. The van der Waals surface area contributed by atoms with Gasteiger partial charge in [-0.05, 0) is 26.7 Å². The molecule has 0 aromatic carbocycles. The number of aliphatic carboxylic acids is 1. The zero-order chi connectivity index (χ0) is 12.3. The number of carboxylic acid groups (broad SMARTS) is 1. The molecule has 0 radical (unpaired) electrons.